The van der Waals surface area contributed by atoms with E-state index in [1.807, 2.05) is 12.1 Å². The molecule has 1 fully saturated rings. The molecule has 0 saturated carbocycles. The zero-order valence-corrected chi connectivity index (χ0v) is 16.4. The summed E-state index contributed by atoms with van der Waals surface area (Å²) in [6.45, 7) is 4.61. The lowest BCUT2D eigenvalue weighted by Gasteiger charge is -2.35. The van der Waals surface area contributed by atoms with Gasteiger partial charge in [0.1, 0.15) is 6.61 Å². The van der Waals surface area contributed by atoms with Crippen LogP contribution in [0.1, 0.15) is 22.8 Å². The van der Waals surface area contributed by atoms with Gasteiger partial charge < -0.3 is 19.3 Å². The van der Waals surface area contributed by atoms with Crippen LogP contribution < -0.4 is 4.90 Å². The zero-order valence-electron chi connectivity index (χ0n) is 15.6. The lowest BCUT2D eigenvalue weighted by Crippen LogP contribution is -2.49. The van der Waals surface area contributed by atoms with E-state index in [1.165, 1.54) is 6.20 Å². The molecule has 2 heterocycles. The third kappa shape index (κ3) is 5.13. The van der Waals surface area contributed by atoms with Gasteiger partial charge in [0, 0.05) is 37.4 Å². The van der Waals surface area contributed by atoms with E-state index in [9.17, 15) is 9.59 Å². The molecule has 1 aromatic heterocycles. The molecule has 0 radical (unpaired) electrons. The molecule has 0 spiro atoms. The number of halogens is 1. The fourth-order valence-corrected chi connectivity index (χ4v) is 3.02. The molecule has 7 nitrogen and oxygen atoms in total. The fraction of sp³-hybridized carbons (Fsp3) is 0.350. The third-order valence-corrected chi connectivity index (χ3v) is 4.67. The lowest BCUT2D eigenvalue weighted by molar-refractivity contribution is 0.0526. The maximum Gasteiger partial charge on any atom is 0.410 e. The SMILES string of the molecule is CCOC(=O)c1cncc(N2CCN(C(=O)OCc3ccc(Cl)cc3)CC2)c1. The number of hydrogen-bond acceptors (Lipinski definition) is 6. The predicted molar refractivity (Wildman–Crippen MR) is 106 cm³/mol. The van der Waals surface area contributed by atoms with Gasteiger partial charge >= 0.3 is 12.1 Å². The van der Waals surface area contributed by atoms with Crippen LogP contribution in [0.2, 0.25) is 5.02 Å². The summed E-state index contributed by atoms with van der Waals surface area (Å²) in [4.78, 5) is 32.0. The fourth-order valence-electron chi connectivity index (χ4n) is 2.89. The Balaban J connectivity index is 1.51. The minimum Gasteiger partial charge on any atom is -0.462 e. The van der Waals surface area contributed by atoms with Crippen LogP contribution in [0, 0.1) is 0 Å². The van der Waals surface area contributed by atoms with Gasteiger partial charge in [-0.1, -0.05) is 23.7 Å². The normalized spacial score (nSPS) is 13.9. The first kappa shape index (κ1) is 19.9. The number of rotatable bonds is 5. The molecule has 2 aromatic rings. The monoisotopic (exact) mass is 403 g/mol. The second-order valence-electron chi connectivity index (χ2n) is 6.31. The first-order valence-electron chi connectivity index (χ1n) is 9.10. The molecule has 28 heavy (non-hydrogen) atoms. The van der Waals surface area contributed by atoms with Crippen LogP contribution in [0.25, 0.3) is 0 Å². The van der Waals surface area contributed by atoms with Gasteiger partial charge in [-0.15, -0.1) is 0 Å². The highest BCUT2D eigenvalue weighted by atomic mass is 35.5. The number of esters is 1. The highest BCUT2D eigenvalue weighted by Crippen LogP contribution is 2.18. The van der Waals surface area contributed by atoms with E-state index in [1.54, 1.807) is 36.2 Å². The summed E-state index contributed by atoms with van der Waals surface area (Å²) >= 11 is 5.85. The molecule has 1 aliphatic rings. The lowest BCUT2D eigenvalue weighted by atomic mass is 10.2. The minimum absolute atomic E-state index is 0.210. The van der Waals surface area contributed by atoms with E-state index in [0.717, 1.165) is 11.3 Å². The average Bonchev–Trinajstić information content (AvgIpc) is 2.73. The van der Waals surface area contributed by atoms with Crippen molar-refractivity contribution in [3.63, 3.8) is 0 Å². The second kappa shape index (κ2) is 9.41. The molecule has 0 unspecified atom stereocenters. The van der Waals surface area contributed by atoms with Crippen molar-refractivity contribution < 1.29 is 19.1 Å². The molecule has 8 heteroatoms. The maximum absolute atomic E-state index is 12.3. The summed E-state index contributed by atoms with van der Waals surface area (Å²) in [6, 6.07) is 8.96. The smallest absolute Gasteiger partial charge is 0.410 e. The first-order chi connectivity index (χ1) is 13.6. The van der Waals surface area contributed by atoms with Crippen molar-refractivity contribution in [1.29, 1.82) is 0 Å². The molecule has 1 saturated heterocycles. The van der Waals surface area contributed by atoms with Crippen molar-refractivity contribution in [2.24, 2.45) is 0 Å². The number of aromatic nitrogens is 1. The zero-order chi connectivity index (χ0) is 19.9. The number of hydrogen-bond donors (Lipinski definition) is 0. The average molecular weight is 404 g/mol. The van der Waals surface area contributed by atoms with Gasteiger partial charge in [0.15, 0.2) is 0 Å². The number of piperazine rings is 1. The molecular weight excluding hydrogens is 382 g/mol. The van der Waals surface area contributed by atoms with Gasteiger partial charge in [-0.05, 0) is 30.7 Å². The van der Waals surface area contributed by atoms with Crippen LogP contribution in [0.15, 0.2) is 42.7 Å². The van der Waals surface area contributed by atoms with Crippen molar-refractivity contribution >= 4 is 29.4 Å². The van der Waals surface area contributed by atoms with E-state index >= 15 is 0 Å². The second-order valence-corrected chi connectivity index (χ2v) is 6.74. The molecule has 1 aliphatic heterocycles. The highest BCUT2D eigenvalue weighted by Gasteiger charge is 2.23. The Morgan fingerprint density at radius 3 is 2.46 bits per heavy atom. The Labute approximate surface area is 168 Å². The Morgan fingerprint density at radius 2 is 1.79 bits per heavy atom. The Kier molecular flexibility index (Phi) is 6.71. The van der Waals surface area contributed by atoms with E-state index in [2.05, 4.69) is 9.88 Å². The summed E-state index contributed by atoms with van der Waals surface area (Å²) < 4.78 is 10.4. The molecule has 0 aliphatic carbocycles. The predicted octanol–water partition coefficient (Wildman–Crippen LogP) is 3.37. The minimum atomic E-state index is -0.388. The summed E-state index contributed by atoms with van der Waals surface area (Å²) in [5, 5.41) is 0.646. The van der Waals surface area contributed by atoms with Crippen molar-refractivity contribution in [2.45, 2.75) is 13.5 Å². The van der Waals surface area contributed by atoms with Crippen LogP contribution in [-0.2, 0) is 16.1 Å². The van der Waals surface area contributed by atoms with Crippen LogP contribution in [-0.4, -0.2) is 54.7 Å². The summed E-state index contributed by atoms with van der Waals surface area (Å²) in [7, 11) is 0. The van der Waals surface area contributed by atoms with Crippen molar-refractivity contribution in [1.82, 2.24) is 9.88 Å². The quantitative estimate of drug-likeness (QED) is 0.713. The van der Waals surface area contributed by atoms with Gasteiger partial charge in [-0.2, -0.15) is 0 Å². The molecular formula is C20H22ClN3O4. The highest BCUT2D eigenvalue weighted by molar-refractivity contribution is 6.30. The van der Waals surface area contributed by atoms with E-state index in [0.29, 0.717) is 43.4 Å². The Bertz CT molecular complexity index is 820. The van der Waals surface area contributed by atoms with Crippen LogP contribution >= 0.6 is 11.6 Å². The van der Waals surface area contributed by atoms with Crippen molar-refractivity contribution in [3.05, 3.63) is 58.9 Å². The molecule has 0 bridgehead atoms. The number of anilines is 1. The van der Waals surface area contributed by atoms with E-state index < -0.39 is 0 Å². The molecule has 1 aromatic carbocycles. The summed E-state index contributed by atoms with van der Waals surface area (Å²) in [5.74, 6) is -0.388. The topological polar surface area (TPSA) is 72.0 Å². The number of benzene rings is 1. The van der Waals surface area contributed by atoms with E-state index in [4.69, 9.17) is 21.1 Å². The largest absolute Gasteiger partial charge is 0.462 e. The van der Waals surface area contributed by atoms with Crippen LogP contribution in [0.3, 0.4) is 0 Å². The van der Waals surface area contributed by atoms with Crippen LogP contribution in [0.5, 0.6) is 0 Å². The number of carbonyl (C=O) groups excluding carboxylic acids is 2. The Morgan fingerprint density at radius 1 is 1.07 bits per heavy atom. The number of amides is 1. The number of ether oxygens (including phenoxy) is 2. The van der Waals surface area contributed by atoms with Gasteiger partial charge in [0.2, 0.25) is 0 Å². The molecule has 0 atom stereocenters. The van der Waals surface area contributed by atoms with Crippen molar-refractivity contribution in [2.75, 3.05) is 37.7 Å². The van der Waals surface area contributed by atoms with Crippen LogP contribution in [0.4, 0.5) is 10.5 Å². The van der Waals surface area contributed by atoms with E-state index in [-0.39, 0.29) is 18.7 Å². The number of pyridine rings is 1. The van der Waals surface area contributed by atoms with Gasteiger partial charge in [-0.25, -0.2) is 9.59 Å². The number of nitrogens with zero attached hydrogens (tertiary/aromatic N) is 3. The van der Waals surface area contributed by atoms with Crippen molar-refractivity contribution in [3.8, 4) is 0 Å². The molecule has 1 amide bonds. The van der Waals surface area contributed by atoms with Gasteiger partial charge in [0.25, 0.3) is 0 Å². The summed E-state index contributed by atoms with van der Waals surface area (Å²) in [6.07, 6.45) is 2.86. The third-order valence-electron chi connectivity index (χ3n) is 4.41. The standard InChI is InChI=1S/C20H22ClN3O4/c1-2-27-19(25)16-11-18(13-22-12-16)23-7-9-24(10-8-23)20(26)28-14-15-3-5-17(21)6-4-15/h3-6,11-13H,2,7-10,14H2,1H3. The molecule has 0 N–H and O–H groups in total. The maximum atomic E-state index is 12.3. The number of carbonyl (C=O) groups is 2. The first-order valence-corrected chi connectivity index (χ1v) is 9.48. The van der Waals surface area contributed by atoms with Gasteiger partial charge in [0.05, 0.1) is 24.1 Å². The molecule has 3 rings (SSSR count). The molecule has 148 valence electrons. The van der Waals surface area contributed by atoms with Gasteiger partial charge in [-0.3, -0.25) is 4.98 Å². The Hall–Kier alpha value is -2.80. The summed E-state index contributed by atoms with van der Waals surface area (Å²) in [5.41, 5.74) is 2.14.